The van der Waals surface area contributed by atoms with Gasteiger partial charge < -0.3 is 11.1 Å². The van der Waals surface area contributed by atoms with Crippen LogP contribution in [0.5, 0.6) is 0 Å². The lowest BCUT2D eigenvalue weighted by atomic mass is 10.0. The number of hydrogen-bond acceptors (Lipinski definition) is 2. The minimum absolute atomic E-state index is 0.0624. The van der Waals surface area contributed by atoms with E-state index in [1.807, 2.05) is 31.2 Å². The van der Waals surface area contributed by atoms with Crippen LogP contribution in [0, 0.1) is 5.92 Å². The number of amides is 1. The summed E-state index contributed by atoms with van der Waals surface area (Å²) in [6, 6.07) is 7.88. The minimum Gasteiger partial charge on any atom is -0.393 e. The van der Waals surface area contributed by atoms with Crippen LogP contribution in [0.25, 0.3) is 0 Å². The molecule has 0 saturated heterocycles. The Hall–Kier alpha value is -1.42. The zero-order chi connectivity index (χ0) is 13.7. The summed E-state index contributed by atoms with van der Waals surface area (Å²) < 4.78 is 0. The smallest absolute Gasteiger partial charge is 0.225 e. The van der Waals surface area contributed by atoms with E-state index in [4.69, 9.17) is 18.0 Å². The number of nitrogens with one attached hydrogen (secondary N) is 1. The molecule has 1 atom stereocenters. The summed E-state index contributed by atoms with van der Waals surface area (Å²) in [5.74, 6) is 0.354. The molecule has 0 heterocycles. The summed E-state index contributed by atoms with van der Waals surface area (Å²) in [6.45, 7) is 6.12. The van der Waals surface area contributed by atoms with Gasteiger partial charge in [-0.05, 0) is 23.6 Å². The molecular weight excluding hydrogens is 244 g/mol. The first-order valence-electron chi connectivity index (χ1n) is 6.09. The molecule has 1 unspecified atom stereocenters. The molecule has 3 N–H and O–H groups in total. The van der Waals surface area contributed by atoms with Gasteiger partial charge in [-0.3, -0.25) is 4.79 Å². The molecule has 0 aliphatic rings. The zero-order valence-corrected chi connectivity index (χ0v) is 11.9. The number of thiocarbonyl (C=S) groups is 1. The summed E-state index contributed by atoms with van der Waals surface area (Å²) in [4.78, 5) is 12.1. The van der Waals surface area contributed by atoms with E-state index in [1.165, 1.54) is 5.56 Å². The van der Waals surface area contributed by atoms with Crippen molar-refractivity contribution in [2.75, 3.05) is 5.32 Å². The van der Waals surface area contributed by atoms with Crippen LogP contribution < -0.4 is 11.1 Å². The molecule has 18 heavy (non-hydrogen) atoms. The fraction of sp³-hybridized carbons (Fsp3) is 0.429. The standard InChI is InChI=1S/C14H20N2OS/c1-9(2)11-4-6-12(7-5-11)16-13(17)8-10(3)14(15)18/h4-7,9-10H,8H2,1-3H3,(H2,15,18)(H,16,17). The van der Waals surface area contributed by atoms with Gasteiger partial charge in [-0.15, -0.1) is 0 Å². The van der Waals surface area contributed by atoms with Crippen LogP contribution in [0.2, 0.25) is 0 Å². The molecule has 3 nitrogen and oxygen atoms in total. The second-order valence-corrected chi connectivity index (χ2v) is 5.30. The molecule has 0 radical (unpaired) electrons. The fourth-order valence-corrected chi connectivity index (χ4v) is 1.63. The number of carbonyl (C=O) groups is 1. The van der Waals surface area contributed by atoms with Crippen LogP contribution in [0.1, 0.15) is 38.7 Å². The lowest BCUT2D eigenvalue weighted by Gasteiger charge is -2.11. The van der Waals surface area contributed by atoms with Crippen molar-refractivity contribution in [3.8, 4) is 0 Å². The van der Waals surface area contributed by atoms with E-state index < -0.39 is 0 Å². The van der Waals surface area contributed by atoms with E-state index in [0.29, 0.717) is 17.3 Å². The molecule has 0 fully saturated rings. The molecular formula is C14H20N2OS. The fourth-order valence-electron chi connectivity index (χ4n) is 1.54. The van der Waals surface area contributed by atoms with Gasteiger partial charge >= 0.3 is 0 Å². The highest BCUT2D eigenvalue weighted by molar-refractivity contribution is 7.80. The van der Waals surface area contributed by atoms with Crippen LogP contribution in [0.4, 0.5) is 5.69 Å². The average molecular weight is 264 g/mol. The van der Waals surface area contributed by atoms with Gasteiger partial charge in [0.25, 0.3) is 0 Å². The van der Waals surface area contributed by atoms with E-state index in [0.717, 1.165) is 5.69 Å². The van der Waals surface area contributed by atoms with Crippen molar-refractivity contribution in [3.05, 3.63) is 29.8 Å². The van der Waals surface area contributed by atoms with Crippen molar-refractivity contribution in [2.45, 2.75) is 33.1 Å². The van der Waals surface area contributed by atoms with Crippen molar-refractivity contribution in [3.63, 3.8) is 0 Å². The van der Waals surface area contributed by atoms with Crippen LogP contribution in [-0.2, 0) is 4.79 Å². The number of anilines is 1. The Morgan fingerprint density at radius 2 is 1.83 bits per heavy atom. The Morgan fingerprint density at radius 1 is 1.28 bits per heavy atom. The monoisotopic (exact) mass is 264 g/mol. The molecule has 4 heteroatoms. The van der Waals surface area contributed by atoms with Crippen LogP contribution in [0.15, 0.2) is 24.3 Å². The van der Waals surface area contributed by atoms with Gasteiger partial charge in [-0.2, -0.15) is 0 Å². The van der Waals surface area contributed by atoms with Gasteiger partial charge in [-0.1, -0.05) is 45.1 Å². The number of carbonyl (C=O) groups excluding carboxylic acids is 1. The Kier molecular flexibility index (Phi) is 5.28. The molecule has 0 saturated carbocycles. The van der Waals surface area contributed by atoms with Crippen molar-refractivity contribution >= 4 is 28.8 Å². The molecule has 1 amide bonds. The minimum atomic E-state index is -0.0741. The molecule has 1 aromatic carbocycles. The topological polar surface area (TPSA) is 55.1 Å². The van der Waals surface area contributed by atoms with E-state index >= 15 is 0 Å². The van der Waals surface area contributed by atoms with Crippen molar-refractivity contribution in [2.24, 2.45) is 11.7 Å². The average Bonchev–Trinajstić information content (AvgIpc) is 2.29. The molecule has 0 bridgehead atoms. The van der Waals surface area contributed by atoms with Gasteiger partial charge in [0.1, 0.15) is 0 Å². The summed E-state index contributed by atoms with van der Waals surface area (Å²) in [6.07, 6.45) is 0.321. The highest BCUT2D eigenvalue weighted by Gasteiger charge is 2.11. The molecule has 0 spiro atoms. The van der Waals surface area contributed by atoms with E-state index in [2.05, 4.69) is 19.2 Å². The third-order valence-corrected chi connectivity index (χ3v) is 3.24. The molecule has 98 valence electrons. The Bertz CT molecular complexity index is 426. The third-order valence-electron chi connectivity index (χ3n) is 2.84. The maximum atomic E-state index is 11.7. The van der Waals surface area contributed by atoms with Gasteiger partial charge in [0.05, 0.1) is 4.99 Å². The predicted octanol–water partition coefficient (Wildman–Crippen LogP) is 3.06. The van der Waals surface area contributed by atoms with Crippen molar-refractivity contribution < 1.29 is 4.79 Å². The molecule has 1 aromatic rings. The normalized spacial score (nSPS) is 12.2. The van der Waals surface area contributed by atoms with Gasteiger partial charge in [0.2, 0.25) is 5.91 Å². The number of nitrogens with two attached hydrogens (primary N) is 1. The van der Waals surface area contributed by atoms with Crippen molar-refractivity contribution in [1.82, 2.24) is 0 Å². The predicted molar refractivity (Wildman–Crippen MR) is 79.7 cm³/mol. The second-order valence-electron chi connectivity index (χ2n) is 4.83. The maximum absolute atomic E-state index is 11.7. The molecule has 1 rings (SSSR count). The lowest BCUT2D eigenvalue weighted by Crippen LogP contribution is -2.24. The van der Waals surface area contributed by atoms with Gasteiger partial charge in [0.15, 0.2) is 0 Å². The lowest BCUT2D eigenvalue weighted by molar-refractivity contribution is -0.116. The first-order chi connectivity index (χ1) is 8.40. The summed E-state index contributed by atoms with van der Waals surface area (Å²) in [7, 11) is 0. The summed E-state index contributed by atoms with van der Waals surface area (Å²) in [5, 5.41) is 2.84. The van der Waals surface area contributed by atoms with Gasteiger partial charge in [-0.25, -0.2) is 0 Å². The van der Waals surface area contributed by atoms with Crippen LogP contribution >= 0.6 is 12.2 Å². The second kappa shape index (κ2) is 6.50. The quantitative estimate of drug-likeness (QED) is 0.804. The highest BCUT2D eigenvalue weighted by Crippen LogP contribution is 2.17. The SMILES string of the molecule is CC(CC(=O)Nc1ccc(C(C)C)cc1)C(N)=S. The van der Waals surface area contributed by atoms with Crippen LogP contribution in [0.3, 0.4) is 0 Å². The number of benzene rings is 1. The Labute approximate surface area is 114 Å². The number of hydrogen-bond donors (Lipinski definition) is 2. The Morgan fingerprint density at radius 3 is 2.28 bits per heavy atom. The van der Waals surface area contributed by atoms with E-state index in [1.54, 1.807) is 0 Å². The number of rotatable bonds is 5. The largest absolute Gasteiger partial charge is 0.393 e. The molecule has 0 aliphatic heterocycles. The van der Waals surface area contributed by atoms with Crippen LogP contribution in [-0.4, -0.2) is 10.9 Å². The van der Waals surface area contributed by atoms with Crippen molar-refractivity contribution in [1.29, 1.82) is 0 Å². The Balaban J connectivity index is 2.57. The zero-order valence-electron chi connectivity index (χ0n) is 11.1. The molecule has 0 aliphatic carbocycles. The van der Waals surface area contributed by atoms with E-state index in [9.17, 15) is 4.79 Å². The first-order valence-corrected chi connectivity index (χ1v) is 6.50. The maximum Gasteiger partial charge on any atom is 0.225 e. The highest BCUT2D eigenvalue weighted by atomic mass is 32.1. The third kappa shape index (κ3) is 4.45. The summed E-state index contributed by atoms with van der Waals surface area (Å²) in [5.41, 5.74) is 7.54. The van der Waals surface area contributed by atoms with Gasteiger partial charge in [0, 0.05) is 18.0 Å². The van der Waals surface area contributed by atoms with E-state index in [-0.39, 0.29) is 11.8 Å². The first kappa shape index (κ1) is 14.6. The molecule has 0 aromatic heterocycles. The summed E-state index contributed by atoms with van der Waals surface area (Å²) >= 11 is 4.84.